The van der Waals surface area contributed by atoms with Gasteiger partial charge in [-0.25, -0.2) is 0 Å². The Labute approximate surface area is 89.0 Å². The number of likely N-dealkylation sites (N-methyl/N-ethyl adjacent to an activating group) is 1. The first-order valence-electron chi connectivity index (χ1n) is 4.71. The Morgan fingerprint density at radius 3 is 2.86 bits per heavy atom. The largest absolute Gasteiger partial charge is 0.386 e. The summed E-state index contributed by atoms with van der Waals surface area (Å²) in [5.74, 6) is 0.256. The van der Waals surface area contributed by atoms with Gasteiger partial charge in [0.05, 0.1) is 6.04 Å². The van der Waals surface area contributed by atoms with Crippen molar-refractivity contribution in [2.75, 3.05) is 7.05 Å². The van der Waals surface area contributed by atoms with Gasteiger partial charge < -0.3 is 5.73 Å². The highest BCUT2D eigenvalue weighted by molar-refractivity contribution is 7.09. The Kier molecular flexibility index (Phi) is 4.10. The topological polar surface area (TPSA) is 53.1 Å². The molecule has 0 saturated heterocycles. The normalized spacial score (nSPS) is 13.1. The molecule has 0 aliphatic carbocycles. The van der Waals surface area contributed by atoms with Crippen LogP contribution < -0.4 is 5.73 Å². The lowest BCUT2D eigenvalue weighted by Crippen LogP contribution is -2.41. The lowest BCUT2D eigenvalue weighted by molar-refractivity contribution is 0.283. The van der Waals surface area contributed by atoms with Crippen LogP contribution in [-0.4, -0.2) is 23.8 Å². The molecule has 0 spiro atoms. The number of hydrogen-bond donors (Lipinski definition) is 2. The third-order valence-electron chi connectivity index (χ3n) is 2.26. The number of hydrogen-bond acceptors (Lipinski definition) is 3. The summed E-state index contributed by atoms with van der Waals surface area (Å²) in [6, 6.07) is 4.22. The second-order valence-electron chi connectivity index (χ2n) is 3.37. The second kappa shape index (κ2) is 5.12. The molecule has 3 nitrogen and oxygen atoms in total. The first kappa shape index (κ1) is 11.2. The molecule has 1 aromatic rings. The van der Waals surface area contributed by atoms with Crippen molar-refractivity contribution in [2.45, 2.75) is 25.9 Å². The fourth-order valence-electron chi connectivity index (χ4n) is 1.53. The van der Waals surface area contributed by atoms with E-state index in [0.29, 0.717) is 0 Å². The SMILES string of the molecule is CCC(C(=N)N)N(C)Cc1cccs1. The van der Waals surface area contributed by atoms with E-state index in [4.69, 9.17) is 11.1 Å². The minimum absolute atomic E-state index is 0.0668. The van der Waals surface area contributed by atoms with Crippen LogP contribution in [0.5, 0.6) is 0 Å². The summed E-state index contributed by atoms with van der Waals surface area (Å²) in [5.41, 5.74) is 5.52. The Balaban J connectivity index is 2.56. The Hall–Kier alpha value is -0.870. The highest BCUT2D eigenvalue weighted by atomic mass is 32.1. The van der Waals surface area contributed by atoms with Crippen LogP contribution in [0.25, 0.3) is 0 Å². The highest BCUT2D eigenvalue weighted by Gasteiger charge is 2.15. The van der Waals surface area contributed by atoms with Gasteiger partial charge in [0.1, 0.15) is 5.84 Å². The maximum Gasteiger partial charge on any atom is 0.108 e. The number of amidine groups is 1. The van der Waals surface area contributed by atoms with Crippen molar-refractivity contribution in [1.29, 1.82) is 5.41 Å². The van der Waals surface area contributed by atoms with Gasteiger partial charge in [-0.2, -0.15) is 0 Å². The van der Waals surface area contributed by atoms with Gasteiger partial charge in [-0.05, 0) is 24.9 Å². The Morgan fingerprint density at radius 2 is 2.43 bits per heavy atom. The summed E-state index contributed by atoms with van der Waals surface area (Å²) >= 11 is 1.74. The maximum absolute atomic E-state index is 7.45. The molecule has 0 aromatic carbocycles. The van der Waals surface area contributed by atoms with Crippen molar-refractivity contribution in [3.8, 4) is 0 Å². The molecule has 1 heterocycles. The third kappa shape index (κ3) is 2.82. The van der Waals surface area contributed by atoms with E-state index in [1.165, 1.54) is 4.88 Å². The molecule has 0 aliphatic rings. The molecule has 1 atom stereocenters. The number of nitrogens with zero attached hydrogens (tertiary/aromatic N) is 1. The van der Waals surface area contributed by atoms with Gasteiger partial charge in [0.2, 0.25) is 0 Å². The number of nitrogens with one attached hydrogen (secondary N) is 1. The van der Waals surface area contributed by atoms with Crippen LogP contribution in [0.15, 0.2) is 17.5 Å². The van der Waals surface area contributed by atoms with Crippen LogP contribution in [-0.2, 0) is 6.54 Å². The molecule has 0 saturated carbocycles. The van der Waals surface area contributed by atoms with Crippen LogP contribution in [0, 0.1) is 5.41 Å². The second-order valence-corrected chi connectivity index (χ2v) is 4.41. The van der Waals surface area contributed by atoms with Gasteiger partial charge in [0, 0.05) is 11.4 Å². The van der Waals surface area contributed by atoms with Crippen LogP contribution >= 0.6 is 11.3 Å². The summed E-state index contributed by atoms with van der Waals surface area (Å²) < 4.78 is 0. The van der Waals surface area contributed by atoms with E-state index >= 15 is 0 Å². The van der Waals surface area contributed by atoms with Crippen LogP contribution in [0.2, 0.25) is 0 Å². The lowest BCUT2D eigenvalue weighted by Gasteiger charge is -2.25. The van der Waals surface area contributed by atoms with Crippen molar-refractivity contribution < 1.29 is 0 Å². The predicted molar refractivity (Wildman–Crippen MR) is 61.8 cm³/mol. The van der Waals surface area contributed by atoms with E-state index in [2.05, 4.69) is 23.3 Å². The van der Waals surface area contributed by atoms with Crippen LogP contribution in [0.1, 0.15) is 18.2 Å². The van der Waals surface area contributed by atoms with E-state index < -0.39 is 0 Å². The summed E-state index contributed by atoms with van der Waals surface area (Å²) in [5, 5.41) is 9.52. The van der Waals surface area contributed by atoms with Gasteiger partial charge in [0.25, 0.3) is 0 Å². The molecule has 4 heteroatoms. The third-order valence-corrected chi connectivity index (χ3v) is 3.12. The molecular formula is C10H17N3S. The quantitative estimate of drug-likeness (QED) is 0.577. The molecule has 0 radical (unpaired) electrons. The monoisotopic (exact) mass is 211 g/mol. The number of thiophene rings is 1. The van der Waals surface area contributed by atoms with Crippen molar-refractivity contribution in [1.82, 2.24) is 4.90 Å². The average Bonchev–Trinajstić information content (AvgIpc) is 2.57. The van der Waals surface area contributed by atoms with Gasteiger partial charge in [-0.3, -0.25) is 10.3 Å². The highest BCUT2D eigenvalue weighted by Crippen LogP contribution is 2.13. The van der Waals surface area contributed by atoms with Gasteiger partial charge in [-0.1, -0.05) is 13.0 Å². The van der Waals surface area contributed by atoms with Crippen LogP contribution in [0.4, 0.5) is 0 Å². The first-order valence-corrected chi connectivity index (χ1v) is 5.59. The van der Waals surface area contributed by atoms with Crippen molar-refractivity contribution in [3.63, 3.8) is 0 Å². The standard InChI is InChI=1S/C10H17N3S/c1-3-9(10(11)12)13(2)7-8-5-4-6-14-8/h4-6,9H,3,7H2,1-2H3,(H3,11,12). The molecule has 3 N–H and O–H groups in total. The average molecular weight is 211 g/mol. The smallest absolute Gasteiger partial charge is 0.108 e. The van der Waals surface area contributed by atoms with E-state index in [9.17, 15) is 0 Å². The summed E-state index contributed by atoms with van der Waals surface area (Å²) in [6.07, 6.45) is 0.886. The van der Waals surface area contributed by atoms with E-state index in [0.717, 1.165) is 13.0 Å². The van der Waals surface area contributed by atoms with E-state index in [1.807, 2.05) is 13.1 Å². The zero-order valence-electron chi connectivity index (χ0n) is 8.66. The summed E-state index contributed by atoms with van der Waals surface area (Å²) in [6.45, 7) is 2.92. The van der Waals surface area contributed by atoms with E-state index in [-0.39, 0.29) is 11.9 Å². The fourth-order valence-corrected chi connectivity index (χ4v) is 2.29. The summed E-state index contributed by atoms with van der Waals surface area (Å²) in [7, 11) is 2.01. The molecule has 1 rings (SSSR count). The first-order chi connectivity index (χ1) is 6.65. The van der Waals surface area contributed by atoms with Crippen molar-refractivity contribution >= 4 is 17.2 Å². The van der Waals surface area contributed by atoms with Gasteiger partial charge in [-0.15, -0.1) is 11.3 Å². The number of rotatable bonds is 5. The molecule has 0 aliphatic heterocycles. The maximum atomic E-state index is 7.45. The fraction of sp³-hybridized carbons (Fsp3) is 0.500. The lowest BCUT2D eigenvalue weighted by atomic mass is 10.2. The molecule has 0 bridgehead atoms. The molecule has 1 unspecified atom stereocenters. The molecular weight excluding hydrogens is 194 g/mol. The van der Waals surface area contributed by atoms with Gasteiger partial charge >= 0.3 is 0 Å². The zero-order valence-corrected chi connectivity index (χ0v) is 9.47. The Morgan fingerprint density at radius 1 is 1.71 bits per heavy atom. The van der Waals surface area contributed by atoms with Crippen molar-refractivity contribution in [2.24, 2.45) is 5.73 Å². The minimum Gasteiger partial charge on any atom is -0.386 e. The molecule has 78 valence electrons. The van der Waals surface area contributed by atoms with Gasteiger partial charge in [0.15, 0.2) is 0 Å². The molecule has 14 heavy (non-hydrogen) atoms. The molecule has 0 fully saturated rings. The minimum atomic E-state index is 0.0668. The molecule has 1 aromatic heterocycles. The van der Waals surface area contributed by atoms with E-state index in [1.54, 1.807) is 11.3 Å². The Bertz CT molecular complexity index is 282. The zero-order chi connectivity index (χ0) is 10.6. The predicted octanol–water partition coefficient (Wildman–Crippen LogP) is 1.89. The van der Waals surface area contributed by atoms with Crippen LogP contribution in [0.3, 0.4) is 0 Å². The number of nitrogens with two attached hydrogens (primary N) is 1. The molecule has 0 amide bonds. The van der Waals surface area contributed by atoms with Crippen molar-refractivity contribution in [3.05, 3.63) is 22.4 Å². The summed E-state index contributed by atoms with van der Waals surface area (Å²) in [4.78, 5) is 3.43.